The van der Waals surface area contributed by atoms with Gasteiger partial charge < -0.3 is 39.4 Å². The van der Waals surface area contributed by atoms with Gasteiger partial charge in [-0.1, -0.05) is 192 Å². The molecular formula is C49H92O9. The maximum atomic E-state index is 12.8. The number of ether oxygens (including phenoxy) is 4. The highest BCUT2D eigenvalue weighted by Gasteiger charge is 2.44. The first kappa shape index (κ1) is 54.7. The summed E-state index contributed by atoms with van der Waals surface area (Å²) in [6.07, 6.45) is 40.6. The number of aliphatic hydroxyl groups is 4. The highest BCUT2D eigenvalue weighted by Crippen LogP contribution is 2.23. The van der Waals surface area contributed by atoms with Crippen molar-refractivity contribution in [3.63, 3.8) is 0 Å². The SMILES string of the molecule is CCCCC/C=C\C/C=C\CCCCCCCCCC(=O)OC(COCCCCCCCCCCCCCCCCCCCC)COC1OC(CO)C(O)C(O)C1O. The molecule has 0 aromatic heterocycles. The van der Waals surface area contributed by atoms with Crippen molar-refractivity contribution in [3.8, 4) is 0 Å². The van der Waals surface area contributed by atoms with E-state index in [1.807, 2.05) is 0 Å². The summed E-state index contributed by atoms with van der Waals surface area (Å²) in [6, 6.07) is 0. The fourth-order valence-electron chi connectivity index (χ4n) is 7.52. The summed E-state index contributed by atoms with van der Waals surface area (Å²) >= 11 is 0. The average molecular weight is 825 g/mol. The molecule has 9 heteroatoms. The molecule has 342 valence electrons. The van der Waals surface area contributed by atoms with E-state index in [2.05, 4.69) is 38.2 Å². The van der Waals surface area contributed by atoms with E-state index in [1.165, 1.54) is 154 Å². The first-order chi connectivity index (χ1) is 28.4. The first-order valence-electron chi connectivity index (χ1n) is 24.4. The molecule has 0 bridgehead atoms. The minimum atomic E-state index is -1.54. The second kappa shape index (κ2) is 41.0. The zero-order valence-corrected chi connectivity index (χ0v) is 37.6. The molecule has 6 atom stereocenters. The van der Waals surface area contributed by atoms with Crippen LogP contribution in [0.25, 0.3) is 0 Å². The van der Waals surface area contributed by atoms with Crippen molar-refractivity contribution < 1.29 is 44.2 Å². The Hall–Kier alpha value is -1.33. The third-order valence-electron chi connectivity index (χ3n) is 11.4. The molecule has 0 aromatic rings. The lowest BCUT2D eigenvalue weighted by molar-refractivity contribution is -0.305. The molecular weight excluding hydrogens is 733 g/mol. The third kappa shape index (κ3) is 31.5. The molecule has 1 saturated heterocycles. The number of unbranched alkanes of at least 4 members (excludes halogenated alkanes) is 27. The van der Waals surface area contributed by atoms with E-state index in [4.69, 9.17) is 18.9 Å². The number of esters is 1. The van der Waals surface area contributed by atoms with E-state index in [0.717, 1.165) is 44.9 Å². The number of hydrogen-bond acceptors (Lipinski definition) is 9. The second-order valence-electron chi connectivity index (χ2n) is 16.9. The number of carbonyl (C=O) groups excluding carboxylic acids is 1. The molecule has 9 nitrogen and oxygen atoms in total. The Bertz CT molecular complexity index is 941. The Morgan fingerprint density at radius 1 is 0.552 bits per heavy atom. The zero-order chi connectivity index (χ0) is 42.2. The predicted octanol–water partition coefficient (Wildman–Crippen LogP) is 11.4. The predicted molar refractivity (Wildman–Crippen MR) is 238 cm³/mol. The number of rotatable bonds is 42. The van der Waals surface area contributed by atoms with Crippen LogP contribution in [0.15, 0.2) is 24.3 Å². The van der Waals surface area contributed by atoms with E-state index in [0.29, 0.717) is 13.0 Å². The Kier molecular flexibility index (Phi) is 38.7. The highest BCUT2D eigenvalue weighted by atomic mass is 16.7. The maximum Gasteiger partial charge on any atom is 0.306 e. The molecule has 0 spiro atoms. The Balaban J connectivity index is 2.22. The molecule has 1 fully saturated rings. The molecule has 0 aliphatic carbocycles. The lowest BCUT2D eigenvalue weighted by Crippen LogP contribution is -2.59. The number of aliphatic hydroxyl groups excluding tert-OH is 4. The normalized spacial score (nSPS) is 20.4. The minimum Gasteiger partial charge on any atom is -0.457 e. The summed E-state index contributed by atoms with van der Waals surface area (Å²) in [5, 5.41) is 40.2. The molecule has 1 heterocycles. The van der Waals surface area contributed by atoms with Crippen LogP contribution in [0.3, 0.4) is 0 Å². The van der Waals surface area contributed by atoms with Crippen LogP contribution in [-0.4, -0.2) is 89.6 Å². The van der Waals surface area contributed by atoms with Gasteiger partial charge in [-0.15, -0.1) is 0 Å². The van der Waals surface area contributed by atoms with Crippen molar-refractivity contribution in [1.82, 2.24) is 0 Å². The fraction of sp³-hybridized carbons (Fsp3) is 0.898. The Labute approximate surface area is 356 Å². The van der Waals surface area contributed by atoms with Crippen molar-refractivity contribution in [2.24, 2.45) is 0 Å². The van der Waals surface area contributed by atoms with E-state index < -0.39 is 43.4 Å². The van der Waals surface area contributed by atoms with Gasteiger partial charge in [0.25, 0.3) is 0 Å². The van der Waals surface area contributed by atoms with E-state index in [-0.39, 0.29) is 19.2 Å². The van der Waals surface area contributed by atoms with Gasteiger partial charge in [-0.25, -0.2) is 0 Å². The van der Waals surface area contributed by atoms with Crippen LogP contribution < -0.4 is 0 Å². The van der Waals surface area contributed by atoms with Crippen LogP contribution in [-0.2, 0) is 23.7 Å². The Morgan fingerprint density at radius 3 is 1.52 bits per heavy atom. The van der Waals surface area contributed by atoms with Gasteiger partial charge in [0, 0.05) is 13.0 Å². The standard InChI is InChI=1S/C49H92O9/c1-3-5-7-9-11-13-15-17-19-21-23-25-27-29-31-33-35-37-39-55-41-43(42-56-49-48(54)47(53)46(52)44(40-50)58-49)57-45(51)38-36-34-32-30-28-26-24-22-20-18-16-14-12-10-8-6-4-2/h12,14,18,20,43-44,46-50,52-54H,3-11,13,15-17,19,21-42H2,1-2H3/b14-12-,20-18-. The minimum absolute atomic E-state index is 0.113. The molecule has 1 aliphatic heterocycles. The lowest BCUT2D eigenvalue weighted by Gasteiger charge is -2.39. The fourth-order valence-corrected chi connectivity index (χ4v) is 7.52. The van der Waals surface area contributed by atoms with Crippen LogP contribution in [0.5, 0.6) is 0 Å². The maximum absolute atomic E-state index is 12.8. The summed E-state index contributed by atoms with van der Waals surface area (Å²) in [5.74, 6) is -0.318. The van der Waals surface area contributed by atoms with Crippen LogP contribution in [0.1, 0.15) is 219 Å². The van der Waals surface area contributed by atoms with Crippen molar-refractivity contribution in [3.05, 3.63) is 24.3 Å². The van der Waals surface area contributed by atoms with Crippen LogP contribution in [0.2, 0.25) is 0 Å². The van der Waals surface area contributed by atoms with Crippen LogP contribution in [0.4, 0.5) is 0 Å². The number of hydrogen-bond donors (Lipinski definition) is 4. The van der Waals surface area contributed by atoms with Gasteiger partial charge in [0.15, 0.2) is 6.29 Å². The van der Waals surface area contributed by atoms with Crippen molar-refractivity contribution in [2.75, 3.05) is 26.4 Å². The van der Waals surface area contributed by atoms with Crippen molar-refractivity contribution >= 4 is 5.97 Å². The molecule has 58 heavy (non-hydrogen) atoms. The summed E-state index contributed by atoms with van der Waals surface area (Å²) in [7, 11) is 0. The molecule has 1 rings (SSSR count). The van der Waals surface area contributed by atoms with Crippen molar-refractivity contribution in [1.29, 1.82) is 0 Å². The smallest absolute Gasteiger partial charge is 0.306 e. The van der Waals surface area contributed by atoms with Gasteiger partial charge in [-0.3, -0.25) is 4.79 Å². The largest absolute Gasteiger partial charge is 0.457 e. The van der Waals surface area contributed by atoms with Gasteiger partial charge in [-0.2, -0.15) is 0 Å². The first-order valence-corrected chi connectivity index (χ1v) is 24.4. The topological polar surface area (TPSA) is 135 Å². The van der Waals surface area contributed by atoms with Gasteiger partial charge in [0.2, 0.25) is 0 Å². The van der Waals surface area contributed by atoms with E-state index >= 15 is 0 Å². The van der Waals surface area contributed by atoms with Crippen LogP contribution >= 0.6 is 0 Å². The van der Waals surface area contributed by atoms with E-state index in [9.17, 15) is 25.2 Å². The van der Waals surface area contributed by atoms with Crippen molar-refractivity contribution in [2.45, 2.75) is 256 Å². The monoisotopic (exact) mass is 825 g/mol. The molecule has 6 unspecified atom stereocenters. The molecule has 0 radical (unpaired) electrons. The van der Waals surface area contributed by atoms with Gasteiger partial charge in [0.1, 0.15) is 30.5 Å². The molecule has 4 N–H and O–H groups in total. The van der Waals surface area contributed by atoms with Gasteiger partial charge in [-0.05, 0) is 44.9 Å². The quantitative estimate of drug-likeness (QED) is 0.0269. The average Bonchev–Trinajstić information content (AvgIpc) is 3.22. The summed E-state index contributed by atoms with van der Waals surface area (Å²) in [4.78, 5) is 12.8. The van der Waals surface area contributed by atoms with Gasteiger partial charge >= 0.3 is 5.97 Å². The van der Waals surface area contributed by atoms with E-state index in [1.54, 1.807) is 0 Å². The molecule has 0 amide bonds. The second-order valence-corrected chi connectivity index (χ2v) is 16.9. The van der Waals surface area contributed by atoms with Crippen LogP contribution in [0, 0.1) is 0 Å². The number of carbonyl (C=O) groups is 1. The summed E-state index contributed by atoms with van der Waals surface area (Å²) in [5.41, 5.74) is 0. The third-order valence-corrected chi connectivity index (χ3v) is 11.4. The number of allylic oxidation sites excluding steroid dienone is 4. The van der Waals surface area contributed by atoms with Gasteiger partial charge in [0.05, 0.1) is 19.8 Å². The lowest BCUT2D eigenvalue weighted by atomic mass is 9.99. The summed E-state index contributed by atoms with van der Waals surface area (Å²) < 4.78 is 22.9. The summed E-state index contributed by atoms with van der Waals surface area (Å²) in [6.45, 7) is 4.56. The molecule has 0 saturated carbocycles. The molecule has 0 aromatic carbocycles. The molecule has 1 aliphatic rings. The zero-order valence-electron chi connectivity index (χ0n) is 37.6. The Morgan fingerprint density at radius 2 is 1.00 bits per heavy atom. The highest BCUT2D eigenvalue weighted by molar-refractivity contribution is 5.69.